The van der Waals surface area contributed by atoms with Gasteiger partial charge in [0.05, 0.1) is 17.5 Å². The minimum atomic E-state index is -0.379. The molecule has 2 aromatic carbocycles. The average Bonchev–Trinajstić information content (AvgIpc) is 2.79. The van der Waals surface area contributed by atoms with Gasteiger partial charge >= 0.3 is 0 Å². The van der Waals surface area contributed by atoms with Crippen LogP contribution in [0.25, 0.3) is 10.8 Å². The molecule has 0 aliphatic carbocycles. The van der Waals surface area contributed by atoms with Crippen LogP contribution < -0.4 is 4.90 Å². The second-order valence-electron chi connectivity index (χ2n) is 4.89. The van der Waals surface area contributed by atoms with Gasteiger partial charge in [0, 0.05) is 12.2 Å². The molecule has 1 aliphatic rings. The zero-order valence-corrected chi connectivity index (χ0v) is 12.2. The van der Waals surface area contributed by atoms with Gasteiger partial charge in [-0.25, -0.2) is 4.90 Å². The van der Waals surface area contributed by atoms with Gasteiger partial charge < -0.3 is 5.11 Å². The number of imide groups is 1. The molecule has 0 saturated carbocycles. The zero-order valence-electron chi connectivity index (χ0n) is 11.4. The molecule has 1 saturated heterocycles. The Morgan fingerprint density at radius 1 is 1.14 bits per heavy atom. The maximum absolute atomic E-state index is 12.4. The fourth-order valence-corrected chi connectivity index (χ4v) is 3.41. The van der Waals surface area contributed by atoms with E-state index in [1.54, 1.807) is 6.07 Å². The molecule has 0 radical (unpaired) electrons. The van der Waals surface area contributed by atoms with Crippen molar-refractivity contribution < 1.29 is 14.7 Å². The first-order chi connectivity index (χ1) is 10.2. The van der Waals surface area contributed by atoms with Crippen LogP contribution in [0.1, 0.15) is 6.42 Å². The van der Waals surface area contributed by atoms with E-state index >= 15 is 0 Å². The van der Waals surface area contributed by atoms with Crippen molar-refractivity contribution in [1.29, 1.82) is 0 Å². The Labute approximate surface area is 126 Å². The molecule has 1 aliphatic heterocycles. The van der Waals surface area contributed by atoms with Crippen molar-refractivity contribution in [3.63, 3.8) is 0 Å². The Kier molecular flexibility index (Phi) is 3.94. The van der Waals surface area contributed by atoms with Gasteiger partial charge in [-0.2, -0.15) is 0 Å². The van der Waals surface area contributed by atoms with Crippen LogP contribution in [0.15, 0.2) is 42.5 Å². The number of hydrogen-bond acceptors (Lipinski definition) is 4. The monoisotopic (exact) mass is 301 g/mol. The van der Waals surface area contributed by atoms with Crippen LogP contribution in [0.2, 0.25) is 0 Å². The Morgan fingerprint density at radius 3 is 2.67 bits per heavy atom. The standard InChI is InChI=1S/C16H15NO3S/c18-7-8-21-14-10-15(19)17(16(14)20)13-6-5-11-3-1-2-4-12(11)9-13/h1-6,9,14,18H,7-8,10H2. The van der Waals surface area contributed by atoms with Gasteiger partial charge in [0.25, 0.3) is 0 Å². The summed E-state index contributed by atoms with van der Waals surface area (Å²) < 4.78 is 0. The Hall–Kier alpha value is -1.85. The Morgan fingerprint density at radius 2 is 1.90 bits per heavy atom. The summed E-state index contributed by atoms with van der Waals surface area (Å²) in [6.07, 6.45) is 0.205. The fourth-order valence-electron chi connectivity index (χ4n) is 2.52. The minimum Gasteiger partial charge on any atom is -0.396 e. The van der Waals surface area contributed by atoms with Crippen molar-refractivity contribution in [3.05, 3.63) is 42.5 Å². The van der Waals surface area contributed by atoms with E-state index in [0.29, 0.717) is 11.4 Å². The number of anilines is 1. The summed E-state index contributed by atoms with van der Waals surface area (Å²) in [6.45, 7) is 0.0125. The fraction of sp³-hybridized carbons (Fsp3) is 0.250. The van der Waals surface area contributed by atoms with Crippen molar-refractivity contribution in [1.82, 2.24) is 0 Å². The molecule has 0 aromatic heterocycles. The van der Waals surface area contributed by atoms with Gasteiger partial charge in [-0.15, -0.1) is 11.8 Å². The van der Waals surface area contributed by atoms with Gasteiger partial charge in [-0.3, -0.25) is 9.59 Å². The predicted molar refractivity (Wildman–Crippen MR) is 84.4 cm³/mol. The zero-order chi connectivity index (χ0) is 14.8. The molecule has 108 valence electrons. The van der Waals surface area contributed by atoms with Gasteiger partial charge in [0.2, 0.25) is 11.8 Å². The lowest BCUT2D eigenvalue weighted by atomic mass is 10.1. The van der Waals surface area contributed by atoms with Crippen LogP contribution in [0, 0.1) is 0 Å². The molecular formula is C16H15NO3S. The van der Waals surface area contributed by atoms with Crippen molar-refractivity contribution in [3.8, 4) is 0 Å². The Bertz CT molecular complexity index is 701. The van der Waals surface area contributed by atoms with E-state index in [9.17, 15) is 9.59 Å². The molecule has 1 N–H and O–H groups in total. The third-order valence-corrected chi connectivity index (χ3v) is 4.70. The molecule has 2 aromatic rings. The number of thioether (sulfide) groups is 1. The molecule has 0 bridgehead atoms. The summed E-state index contributed by atoms with van der Waals surface area (Å²) in [5, 5.41) is 10.5. The quantitative estimate of drug-likeness (QED) is 0.880. The summed E-state index contributed by atoms with van der Waals surface area (Å²) in [6, 6.07) is 13.4. The molecule has 4 nitrogen and oxygen atoms in total. The van der Waals surface area contributed by atoms with Crippen molar-refractivity contribution >= 4 is 40.0 Å². The summed E-state index contributed by atoms with van der Waals surface area (Å²) in [5.41, 5.74) is 0.621. The van der Waals surface area contributed by atoms with Crippen LogP contribution in [-0.4, -0.2) is 34.5 Å². The number of aliphatic hydroxyl groups is 1. The highest BCUT2D eigenvalue weighted by molar-refractivity contribution is 8.00. The molecule has 0 spiro atoms. The first kappa shape index (κ1) is 14.1. The number of benzene rings is 2. The van der Waals surface area contributed by atoms with E-state index in [2.05, 4.69) is 0 Å². The molecule has 21 heavy (non-hydrogen) atoms. The maximum Gasteiger partial charge on any atom is 0.247 e. The third-order valence-electron chi connectivity index (χ3n) is 3.51. The Balaban J connectivity index is 1.90. The molecule has 1 unspecified atom stereocenters. The molecule has 3 rings (SSSR count). The first-order valence-corrected chi connectivity index (χ1v) is 7.83. The van der Waals surface area contributed by atoms with E-state index in [4.69, 9.17) is 5.11 Å². The number of carbonyl (C=O) groups is 2. The highest BCUT2D eigenvalue weighted by Gasteiger charge is 2.39. The predicted octanol–water partition coefficient (Wildman–Crippen LogP) is 2.20. The number of aliphatic hydroxyl groups excluding tert-OH is 1. The topological polar surface area (TPSA) is 57.6 Å². The van der Waals surface area contributed by atoms with Gasteiger partial charge in [0.1, 0.15) is 0 Å². The van der Waals surface area contributed by atoms with Crippen LogP contribution in [0.4, 0.5) is 5.69 Å². The molecule has 1 fully saturated rings. The SMILES string of the molecule is O=C1CC(SCCO)C(=O)N1c1ccc2ccccc2c1. The molecule has 1 heterocycles. The lowest BCUT2D eigenvalue weighted by Gasteiger charge is -2.15. The first-order valence-electron chi connectivity index (χ1n) is 6.79. The number of amides is 2. The second kappa shape index (κ2) is 5.87. The number of hydrogen-bond donors (Lipinski definition) is 1. The molecule has 1 atom stereocenters. The van der Waals surface area contributed by atoms with E-state index in [1.165, 1.54) is 16.7 Å². The van der Waals surface area contributed by atoms with Gasteiger partial charge in [-0.05, 0) is 22.9 Å². The third kappa shape index (κ3) is 2.66. The highest BCUT2D eigenvalue weighted by Crippen LogP contribution is 2.31. The largest absolute Gasteiger partial charge is 0.396 e. The molecule has 5 heteroatoms. The maximum atomic E-state index is 12.4. The second-order valence-corrected chi connectivity index (χ2v) is 6.20. The van der Waals surface area contributed by atoms with Crippen molar-refractivity contribution in [2.45, 2.75) is 11.7 Å². The smallest absolute Gasteiger partial charge is 0.247 e. The van der Waals surface area contributed by atoms with Crippen molar-refractivity contribution in [2.24, 2.45) is 0 Å². The lowest BCUT2D eigenvalue weighted by molar-refractivity contribution is -0.121. The van der Waals surface area contributed by atoms with Gasteiger partial charge in [0.15, 0.2) is 0 Å². The minimum absolute atomic E-state index is 0.0125. The van der Waals surface area contributed by atoms with Crippen LogP contribution in [-0.2, 0) is 9.59 Å². The molecule has 2 amide bonds. The van der Waals surface area contributed by atoms with Crippen LogP contribution in [0.5, 0.6) is 0 Å². The lowest BCUT2D eigenvalue weighted by Crippen LogP contribution is -2.31. The van der Waals surface area contributed by atoms with Crippen LogP contribution >= 0.6 is 11.8 Å². The summed E-state index contributed by atoms with van der Waals surface area (Å²) >= 11 is 1.34. The average molecular weight is 301 g/mol. The van der Waals surface area contributed by atoms with E-state index in [1.807, 2.05) is 36.4 Å². The van der Waals surface area contributed by atoms with E-state index in [0.717, 1.165) is 10.8 Å². The number of nitrogens with zero attached hydrogens (tertiary/aromatic N) is 1. The van der Waals surface area contributed by atoms with Crippen LogP contribution in [0.3, 0.4) is 0 Å². The highest BCUT2D eigenvalue weighted by atomic mass is 32.2. The van der Waals surface area contributed by atoms with Crippen molar-refractivity contribution in [2.75, 3.05) is 17.3 Å². The number of fused-ring (bicyclic) bond motifs is 1. The number of rotatable bonds is 4. The van der Waals surface area contributed by atoms with E-state index < -0.39 is 0 Å². The van der Waals surface area contributed by atoms with E-state index in [-0.39, 0.29) is 30.1 Å². The summed E-state index contributed by atoms with van der Waals surface area (Å²) in [7, 11) is 0. The summed E-state index contributed by atoms with van der Waals surface area (Å²) in [4.78, 5) is 25.8. The number of carbonyl (C=O) groups excluding carboxylic acids is 2. The van der Waals surface area contributed by atoms with Gasteiger partial charge in [-0.1, -0.05) is 30.3 Å². The summed E-state index contributed by atoms with van der Waals surface area (Å²) in [5.74, 6) is 0.106. The molecular weight excluding hydrogens is 286 g/mol. The normalized spacial score (nSPS) is 18.7.